The number of alkyl halides is 1. The molecule has 0 atom stereocenters. The lowest BCUT2D eigenvalue weighted by Gasteiger charge is -2.31. The van der Waals surface area contributed by atoms with E-state index in [0.29, 0.717) is 48.9 Å². The van der Waals surface area contributed by atoms with Crippen molar-refractivity contribution in [2.45, 2.75) is 44.8 Å². The maximum atomic E-state index is 14.3. The first-order chi connectivity index (χ1) is 17.2. The third-order valence-electron chi connectivity index (χ3n) is 6.53. The Morgan fingerprint density at radius 3 is 2.78 bits per heavy atom. The number of aromatic nitrogens is 4. The molecule has 2 amide bonds. The van der Waals surface area contributed by atoms with Crippen molar-refractivity contribution < 1.29 is 22.8 Å². The minimum absolute atomic E-state index is 0.0439. The van der Waals surface area contributed by atoms with Gasteiger partial charge in [-0.15, -0.1) is 0 Å². The fraction of sp³-hybridized carbons (Fsp3) is 0.375. The molecular formula is C24H24F2N6O4. The molecule has 3 aromatic heterocycles. The molecule has 0 bridgehead atoms. The van der Waals surface area contributed by atoms with E-state index in [4.69, 9.17) is 4.42 Å². The predicted molar refractivity (Wildman–Crippen MR) is 125 cm³/mol. The van der Waals surface area contributed by atoms with Gasteiger partial charge in [0.15, 0.2) is 17.0 Å². The summed E-state index contributed by atoms with van der Waals surface area (Å²) in [5.41, 5.74) is -0.0703. The van der Waals surface area contributed by atoms with Crippen LogP contribution in [-0.2, 0) is 6.54 Å². The van der Waals surface area contributed by atoms with Crippen LogP contribution in [0.2, 0.25) is 0 Å². The number of carbonyl (C=O) groups excluding carboxylic acids is 2. The van der Waals surface area contributed by atoms with Crippen LogP contribution in [-0.4, -0.2) is 43.6 Å². The Kier molecular flexibility index (Phi) is 6.02. The molecule has 12 heteroatoms. The molecule has 0 saturated heterocycles. The first-order valence-electron chi connectivity index (χ1n) is 11.6. The monoisotopic (exact) mass is 498 g/mol. The highest BCUT2D eigenvalue weighted by atomic mass is 19.1. The van der Waals surface area contributed by atoms with Gasteiger partial charge in [-0.2, -0.15) is 5.10 Å². The second-order valence-electron chi connectivity index (χ2n) is 9.35. The van der Waals surface area contributed by atoms with Crippen LogP contribution in [0.25, 0.3) is 16.7 Å². The summed E-state index contributed by atoms with van der Waals surface area (Å²) in [5.74, 6) is -2.39. The van der Waals surface area contributed by atoms with Crippen molar-refractivity contribution in [3.8, 4) is 0 Å². The molecule has 3 N–H and O–H groups in total. The Morgan fingerprint density at radius 1 is 1.22 bits per heavy atom. The number of oxazole rings is 1. The van der Waals surface area contributed by atoms with Crippen molar-refractivity contribution in [3.05, 3.63) is 63.8 Å². The normalized spacial score (nSPS) is 20.0. The Morgan fingerprint density at radius 2 is 2.00 bits per heavy atom. The van der Waals surface area contributed by atoms with Crippen LogP contribution in [0.15, 0.2) is 39.7 Å². The first kappa shape index (κ1) is 23.6. The minimum Gasteiger partial charge on any atom is -0.408 e. The zero-order valence-corrected chi connectivity index (χ0v) is 19.4. The van der Waals surface area contributed by atoms with Gasteiger partial charge in [0.2, 0.25) is 0 Å². The molecule has 1 aliphatic rings. The predicted octanol–water partition coefficient (Wildman–Crippen LogP) is 2.88. The van der Waals surface area contributed by atoms with Crippen LogP contribution in [0.5, 0.6) is 0 Å². The fourth-order valence-corrected chi connectivity index (χ4v) is 4.41. The second-order valence-corrected chi connectivity index (χ2v) is 9.35. The number of aromatic amines is 1. The average molecular weight is 498 g/mol. The van der Waals surface area contributed by atoms with Gasteiger partial charge in [-0.05, 0) is 56.2 Å². The Hall–Kier alpha value is -4.09. The quantitative estimate of drug-likeness (QED) is 0.374. The van der Waals surface area contributed by atoms with E-state index in [0.717, 1.165) is 10.7 Å². The van der Waals surface area contributed by atoms with Crippen molar-refractivity contribution in [2.75, 3.05) is 6.54 Å². The highest BCUT2D eigenvalue weighted by Crippen LogP contribution is 2.34. The third-order valence-corrected chi connectivity index (χ3v) is 6.53. The molecule has 36 heavy (non-hydrogen) atoms. The number of amides is 2. The lowest BCUT2D eigenvalue weighted by atomic mass is 9.81. The number of nitrogens with zero attached hydrogens (tertiary/aromatic N) is 3. The van der Waals surface area contributed by atoms with Gasteiger partial charge in [0, 0.05) is 19.2 Å². The maximum Gasteiger partial charge on any atom is 0.417 e. The molecule has 1 aromatic carbocycles. The lowest BCUT2D eigenvalue weighted by molar-refractivity contribution is 0.0887. The van der Waals surface area contributed by atoms with Gasteiger partial charge in [0.05, 0.1) is 11.7 Å². The molecule has 1 saturated carbocycles. The summed E-state index contributed by atoms with van der Waals surface area (Å²) in [6, 6.07) is 6.19. The number of rotatable bonds is 6. The van der Waals surface area contributed by atoms with E-state index in [1.165, 1.54) is 6.07 Å². The van der Waals surface area contributed by atoms with E-state index >= 15 is 0 Å². The summed E-state index contributed by atoms with van der Waals surface area (Å²) in [6.07, 6.45) is 3.10. The van der Waals surface area contributed by atoms with Crippen molar-refractivity contribution in [3.63, 3.8) is 0 Å². The van der Waals surface area contributed by atoms with Crippen LogP contribution in [0, 0.1) is 11.7 Å². The standard InChI is InChI=1S/C24H24F2N6O4/c1-24(26)6-4-13(5-7-24)10-28-22(34)18-9-17(30-20-15(25)12-29-32(18)20)21(33)27-11-14-2-3-19-16(8-14)31-23(35)36-19/h2-3,8-9,12-13H,4-7,10-11H2,1H3,(H,27,33)(H,28,34)(H,31,35). The molecule has 3 heterocycles. The summed E-state index contributed by atoms with van der Waals surface area (Å²) in [4.78, 5) is 43.7. The number of benzene rings is 1. The van der Waals surface area contributed by atoms with Crippen molar-refractivity contribution in [2.24, 2.45) is 5.92 Å². The third kappa shape index (κ3) is 4.83. The zero-order valence-electron chi connectivity index (χ0n) is 19.4. The van der Waals surface area contributed by atoms with Gasteiger partial charge < -0.3 is 15.1 Å². The number of hydrogen-bond donors (Lipinski definition) is 3. The van der Waals surface area contributed by atoms with E-state index in [9.17, 15) is 23.2 Å². The topological polar surface area (TPSA) is 134 Å². The van der Waals surface area contributed by atoms with Crippen LogP contribution in [0.4, 0.5) is 8.78 Å². The number of fused-ring (bicyclic) bond motifs is 2. The molecule has 188 valence electrons. The molecule has 10 nitrogen and oxygen atoms in total. The smallest absolute Gasteiger partial charge is 0.408 e. The molecule has 1 fully saturated rings. The summed E-state index contributed by atoms with van der Waals surface area (Å²) in [7, 11) is 0. The van der Waals surface area contributed by atoms with Crippen molar-refractivity contribution in [1.29, 1.82) is 0 Å². The second kappa shape index (κ2) is 9.17. The molecule has 0 unspecified atom stereocenters. The summed E-state index contributed by atoms with van der Waals surface area (Å²) < 4.78 is 34.4. The molecule has 0 aliphatic heterocycles. The Labute approximate surface area is 203 Å². The molecule has 0 spiro atoms. The van der Waals surface area contributed by atoms with E-state index < -0.39 is 29.1 Å². The van der Waals surface area contributed by atoms with Crippen LogP contribution in [0.3, 0.4) is 0 Å². The minimum atomic E-state index is -1.17. The number of halogens is 2. The SMILES string of the molecule is CC1(F)CCC(CNC(=O)c2cc(C(=O)NCc3ccc4oc(=O)[nH]c4c3)nc3c(F)cnn23)CC1. The van der Waals surface area contributed by atoms with Crippen molar-refractivity contribution in [1.82, 2.24) is 30.2 Å². The molecule has 5 rings (SSSR count). The Bertz CT molecular complexity index is 1510. The van der Waals surface area contributed by atoms with Gasteiger partial charge in [0.25, 0.3) is 11.8 Å². The van der Waals surface area contributed by atoms with Crippen molar-refractivity contribution >= 4 is 28.6 Å². The highest BCUT2D eigenvalue weighted by Gasteiger charge is 2.31. The van der Waals surface area contributed by atoms with Gasteiger partial charge in [-0.1, -0.05) is 6.07 Å². The molecular weight excluding hydrogens is 474 g/mol. The van der Waals surface area contributed by atoms with Gasteiger partial charge in [-0.25, -0.2) is 23.1 Å². The lowest BCUT2D eigenvalue weighted by Crippen LogP contribution is -2.35. The summed E-state index contributed by atoms with van der Waals surface area (Å²) >= 11 is 0. The van der Waals surface area contributed by atoms with Gasteiger partial charge in [-0.3, -0.25) is 14.6 Å². The largest absolute Gasteiger partial charge is 0.417 e. The van der Waals surface area contributed by atoms with Gasteiger partial charge in [0.1, 0.15) is 17.1 Å². The van der Waals surface area contributed by atoms with Crippen LogP contribution >= 0.6 is 0 Å². The summed E-state index contributed by atoms with van der Waals surface area (Å²) in [5, 5.41) is 9.35. The van der Waals surface area contributed by atoms with E-state index in [1.807, 2.05) is 0 Å². The number of nitrogens with one attached hydrogen (secondary N) is 3. The van der Waals surface area contributed by atoms with E-state index in [2.05, 4.69) is 25.7 Å². The molecule has 4 aromatic rings. The number of carbonyl (C=O) groups is 2. The van der Waals surface area contributed by atoms with Gasteiger partial charge >= 0.3 is 5.76 Å². The summed E-state index contributed by atoms with van der Waals surface area (Å²) in [6.45, 7) is 2.01. The number of H-pyrrole nitrogens is 1. The molecule has 1 aliphatic carbocycles. The van der Waals surface area contributed by atoms with E-state index in [1.54, 1.807) is 25.1 Å². The molecule has 0 radical (unpaired) electrons. The average Bonchev–Trinajstić information content (AvgIpc) is 3.42. The van der Waals surface area contributed by atoms with Crippen LogP contribution < -0.4 is 16.4 Å². The number of hydrogen-bond acceptors (Lipinski definition) is 6. The maximum absolute atomic E-state index is 14.3. The first-order valence-corrected chi connectivity index (χ1v) is 11.6. The van der Waals surface area contributed by atoms with E-state index in [-0.39, 0.29) is 29.5 Å². The highest BCUT2D eigenvalue weighted by molar-refractivity contribution is 5.98. The fourth-order valence-electron chi connectivity index (χ4n) is 4.41. The Balaban J connectivity index is 1.31. The van der Waals surface area contributed by atoms with Crippen LogP contribution in [0.1, 0.15) is 59.1 Å². The zero-order chi connectivity index (χ0) is 25.4.